The number of hydrogen-bond acceptors (Lipinski definition) is 5. The zero-order chi connectivity index (χ0) is 22.5. The van der Waals surface area contributed by atoms with Gasteiger partial charge in [-0.05, 0) is 50.3 Å². The highest BCUT2D eigenvalue weighted by molar-refractivity contribution is 5.89. The molecular weight excluding hydrogens is 404 g/mol. The zero-order valence-corrected chi connectivity index (χ0v) is 19.3. The molecule has 1 N–H and O–H groups in total. The van der Waals surface area contributed by atoms with Crippen LogP contribution in [-0.4, -0.2) is 47.2 Å². The van der Waals surface area contributed by atoms with E-state index in [4.69, 9.17) is 14.2 Å². The van der Waals surface area contributed by atoms with E-state index in [1.54, 1.807) is 12.1 Å². The summed E-state index contributed by atoms with van der Waals surface area (Å²) in [5.41, 5.74) is 3.05. The van der Waals surface area contributed by atoms with E-state index in [1.165, 1.54) is 16.7 Å². The van der Waals surface area contributed by atoms with E-state index in [2.05, 4.69) is 27.7 Å². The van der Waals surface area contributed by atoms with Gasteiger partial charge in [0.1, 0.15) is 11.2 Å². The molecule has 6 atom stereocenters. The van der Waals surface area contributed by atoms with Gasteiger partial charge >= 0.3 is 5.97 Å². The third-order valence-electron chi connectivity index (χ3n) is 9.08. The van der Waals surface area contributed by atoms with Crippen molar-refractivity contribution in [2.45, 2.75) is 82.9 Å². The summed E-state index contributed by atoms with van der Waals surface area (Å²) in [4.78, 5) is 13.3. The number of carbonyl (C=O) groups excluding carboxylic acids is 1. The minimum absolute atomic E-state index is 0.0522. The van der Waals surface area contributed by atoms with Gasteiger partial charge in [0.2, 0.25) is 0 Å². The lowest BCUT2D eigenvalue weighted by Crippen LogP contribution is -2.63. The Bertz CT molecular complexity index is 1050. The van der Waals surface area contributed by atoms with Gasteiger partial charge in [0.15, 0.2) is 6.10 Å². The van der Waals surface area contributed by atoms with Crippen molar-refractivity contribution in [1.29, 1.82) is 0 Å². The first-order chi connectivity index (χ1) is 15.2. The number of benzene rings is 1. The first-order valence-corrected chi connectivity index (χ1v) is 11.9. The average molecular weight is 437 g/mol. The molecule has 2 saturated heterocycles. The second-order valence-electron chi connectivity index (χ2n) is 10.9. The molecule has 1 aromatic carbocycles. The van der Waals surface area contributed by atoms with Crippen LogP contribution in [0.4, 0.5) is 0 Å². The largest absolute Gasteiger partial charge is 0.451 e. The van der Waals surface area contributed by atoms with E-state index in [9.17, 15) is 9.90 Å². The third-order valence-corrected chi connectivity index (χ3v) is 9.08. The molecule has 2 aliphatic heterocycles. The van der Waals surface area contributed by atoms with Gasteiger partial charge in [-0.1, -0.05) is 50.1 Å². The van der Waals surface area contributed by atoms with Gasteiger partial charge in [-0.3, -0.25) is 0 Å². The summed E-state index contributed by atoms with van der Waals surface area (Å²) in [5, 5.41) is 12.5. The molecular formula is C27H32O5. The van der Waals surface area contributed by atoms with Gasteiger partial charge in [-0.25, -0.2) is 4.79 Å². The predicted molar refractivity (Wildman–Crippen MR) is 119 cm³/mol. The summed E-state index contributed by atoms with van der Waals surface area (Å²) >= 11 is 0. The Morgan fingerprint density at radius 1 is 1.16 bits per heavy atom. The topological polar surface area (TPSA) is 68.3 Å². The molecule has 0 radical (unpaired) electrons. The van der Waals surface area contributed by atoms with Crippen LogP contribution >= 0.6 is 0 Å². The zero-order valence-electron chi connectivity index (χ0n) is 19.3. The highest BCUT2D eigenvalue weighted by Crippen LogP contribution is 2.66. The van der Waals surface area contributed by atoms with Crippen LogP contribution in [0.25, 0.3) is 0 Å². The highest BCUT2D eigenvalue weighted by Gasteiger charge is 2.73. The van der Waals surface area contributed by atoms with Crippen LogP contribution in [0.2, 0.25) is 0 Å². The van der Waals surface area contributed by atoms with Crippen LogP contribution in [0.3, 0.4) is 0 Å². The predicted octanol–water partition coefficient (Wildman–Crippen LogP) is 4.36. The number of hydrogen-bond donors (Lipinski definition) is 1. The number of carbonyl (C=O) groups is 1. The first-order valence-electron chi connectivity index (χ1n) is 11.9. The minimum Gasteiger partial charge on any atom is -0.451 e. The fraction of sp³-hybridized carbons (Fsp3) is 0.593. The summed E-state index contributed by atoms with van der Waals surface area (Å²) in [6, 6.07) is 9.07. The van der Waals surface area contributed by atoms with Crippen LogP contribution < -0.4 is 0 Å². The molecule has 1 saturated carbocycles. The van der Waals surface area contributed by atoms with E-state index < -0.39 is 28.7 Å². The lowest BCUT2D eigenvalue weighted by atomic mass is 9.52. The fourth-order valence-electron chi connectivity index (χ4n) is 7.36. The Morgan fingerprint density at radius 2 is 1.91 bits per heavy atom. The number of fused-ring (bicyclic) bond motifs is 3. The maximum Gasteiger partial charge on any atom is 0.338 e. The number of aliphatic hydroxyl groups is 1. The Hall–Kier alpha value is -1.95. The van der Waals surface area contributed by atoms with Gasteiger partial charge in [0.05, 0.1) is 24.4 Å². The minimum atomic E-state index is -1.22. The van der Waals surface area contributed by atoms with E-state index in [-0.39, 0.29) is 18.1 Å². The summed E-state index contributed by atoms with van der Waals surface area (Å²) in [7, 11) is 0. The van der Waals surface area contributed by atoms with Crippen molar-refractivity contribution in [3.8, 4) is 0 Å². The number of ether oxygens (including phenoxy) is 3. The van der Waals surface area contributed by atoms with Crippen LogP contribution in [0.5, 0.6) is 0 Å². The first kappa shape index (κ1) is 20.6. The van der Waals surface area contributed by atoms with Gasteiger partial charge < -0.3 is 19.3 Å². The van der Waals surface area contributed by atoms with Gasteiger partial charge in [0, 0.05) is 16.9 Å². The molecule has 5 aliphatic rings. The van der Waals surface area contributed by atoms with Crippen LogP contribution in [0.1, 0.15) is 63.7 Å². The summed E-state index contributed by atoms with van der Waals surface area (Å²) < 4.78 is 18.7. The van der Waals surface area contributed by atoms with Gasteiger partial charge in [-0.2, -0.15) is 0 Å². The normalized spacial score (nSPS) is 41.4. The molecule has 2 unspecified atom stereocenters. The Labute approximate surface area is 189 Å². The average Bonchev–Trinajstić information content (AvgIpc) is 3.46. The Balaban J connectivity index is 1.55. The number of rotatable bonds is 2. The SMILES string of the molecule is CC1=C2C(C)[C@H]3O[C@]34CCC3OCC3=C4[C@H](OC(=O)c3ccccc3)[C@](O)(CC1)C2(C)C. The number of allylic oxidation sites excluding steroid dienone is 1. The lowest BCUT2D eigenvalue weighted by molar-refractivity contribution is -0.145. The molecule has 1 aromatic rings. The van der Waals surface area contributed by atoms with Crippen molar-refractivity contribution in [1.82, 2.24) is 0 Å². The fourth-order valence-corrected chi connectivity index (χ4v) is 7.36. The maximum absolute atomic E-state index is 13.3. The van der Waals surface area contributed by atoms with Crippen LogP contribution in [-0.2, 0) is 14.2 Å². The summed E-state index contributed by atoms with van der Waals surface area (Å²) in [6.45, 7) is 9.19. The molecule has 3 fully saturated rings. The molecule has 5 nitrogen and oxygen atoms in total. The lowest BCUT2D eigenvalue weighted by Gasteiger charge is -2.56. The molecule has 2 heterocycles. The monoisotopic (exact) mass is 436 g/mol. The molecule has 1 spiro atoms. The molecule has 5 heteroatoms. The van der Waals surface area contributed by atoms with Crippen LogP contribution in [0.15, 0.2) is 52.6 Å². The molecule has 170 valence electrons. The molecule has 32 heavy (non-hydrogen) atoms. The molecule has 2 bridgehead atoms. The standard InChI is InChI=1S/C27H32O5/c1-15-10-13-27(29)23(31-24(28)17-8-6-5-7-9-17)21-18-14-30-19(18)11-12-26(21)22(32-26)16(2)20(15)25(27,3)4/h5-9,16,19,22-23,29H,10-14H2,1-4H3/t16?,19?,22-,23+,26+,27-/m1/s1. The maximum atomic E-state index is 13.3. The molecule has 0 aromatic heterocycles. The van der Waals surface area contributed by atoms with Crippen molar-refractivity contribution in [2.24, 2.45) is 11.3 Å². The third kappa shape index (κ3) is 2.48. The van der Waals surface area contributed by atoms with Crippen molar-refractivity contribution in [2.75, 3.05) is 6.61 Å². The second-order valence-corrected chi connectivity index (χ2v) is 10.9. The summed E-state index contributed by atoms with van der Waals surface area (Å²) in [6.07, 6.45) is 2.46. The Kier molecular flexibility index (Phi) is 4.23. The van der Waals surface area contributed by atoms with E-state index in [0.717, 1.165) is 24.8 Å². The van der Waals surface area contributed by atoms with Crippen molar-refractivity contribution < 1.29 is 24.1 Å². The highest BCUT2D eigenvalue weighted by atomic mass is 16.6. The van der Waals surface area contributed by atoms with E-state index in [1.807, 2.05) is 18.2 Å². The van der Waals surface area contributed by atoms with Gasteiger partial charge in [-0.15, -0.1) is 0 Å². The number of epoxide rings is 1. The van der Waals surface area contributed by atoms with E-state index in [0.29, 0.717) is 18.6 Å². The number of esters is 1. The molecule has 0 amide bonds. The van der Waals surface area contributed by atoms with Crippen molar-refractivity contribution in [3.05, 3.63) is 58.2 Å². The molecule has 6 rings (SSSR count). The summed E-state index contributed by atoms with van der Waals surface area (Å²) in [5.74, 6) is -0.195. The van der Waals surface area contributed by atoms with E-state index >= 15 is 0 Å². The van der Waals surface area contributed by atoms with Crippen LogP contribution in [0, 0.1) is 11.3 Å². The van der Waals surface area contributed by atoms with Crippen molar-refractivity contribution in [3.63, 3.8) is 0 Å². The smallest absolute Gasteiger partial charge is 0.338 e. The second kappa shape index (κ2) is 6.55. The van der Waals surface area contributed by atoms with Gasteiger partial charge in [0.25, 0.3) is 0 Å². The Morgan fingerprint density at radius 3 is 2.59 bits per heavy atom. The molecule has 3 aliphatic carbocycles. The quantitative estimate of drug-likeness (QED) is 0.424. The van der Waals surface area contributed by atoms with Crippen molar-refractivity contribution >= 4 is 5.97 Å².